The minimum atomic E-state index is -0.618. The average Bonchev–Trinajstić information content (AvgIpc) is 2.71. The zero-order valence-electron chi connectivity index (χ0n) is 17.2. The largest absolute Gasteiger partial charge is 0.497 e. The van der Waals surface area contributed by atoms with E-state index in [1.54, 1.807) is 18.2 Å². The van der Waals surface area contributed by atoms with Gasteiger partial charge >= 0.3 is 0 Å². The fraction of sp³-hybridized carbons (Fsp3) is 0.600. The number of rotatable bonds is 9. The summed E-state index contributed by atoms with van der Waals surface area (Å²) >= 11 is 0. The van der Waals surface area contributed by atoms with E-state index in [0.29, 0.717) is 23.6 Å². The topological polar surface area (TPSA) is 91.9 Å². The summed E-state index contributed by atoms with van der Waals surface area (Å²) in [6, 6.07) is 4.32. The molecule has 1 saturated heterocycles. The van der Waals surface area contributed by atoms with Gasteiger partial charge in [-0.05, 0) is 18.1 Å². The number of methoxy groups -OCH3 is 2. The lowest BCUT2D eigenvalue weighted by atomic mass is 10.0. The summed E-state index contributed by atoms with van der Waals surface area (Å²) in [6.07, 6.45) is 0. The van der Waals surface area contributed by atoms with Crippen molar-refractivity contribution in [2.24, 2.45) is 5.92 Å². The van der Waals surface area contributed by atoms with Crippen molar-refractivity contribution in [3.05, 3.63) is 23.8 Å². The van der Waals surface area contributed by atoms with Gasteiger partial charge in [0, 0.05) is 50.9 Å². The summed E-state index contributed by atoms with van der Waals surface area (Å²) in [4.78, 5) is 27.6. The van der Waals surface area contributed by atoms with Crippen LogP contribution in [0.3, 0.4) is 0 Å². The minimum absolute atomic E-state index is 0.0457. The molecule has 3 N–H and O–H groups in total. The van der Waals surface area contributed by atoms with Crippen LogP contribution in [0.1, 0.15) is 24.2 Å². The van der Waals surface area contributed by atoms with Gasteiger partial charge in [0.2, 0.25) is 5.91 Å². The Kier molecular flexibility index (Phi) is 8.53. The van der Waals surface area contributed by atoms with Crippen LogP contribution >= 0.6 is 0 Å². The second-order valence-corrected chi connectivity index (χ2v) is 7.18. The standard InChI is InChI=1S/C20H32N4O4/c1-14(2)18(20(26)22-7-10-24-8-5-21-6-9-24)23-19(25)15-11-16(27-3)13-17(12-15)28-4/h11-14,18,21H,5-10H2,1-4H3,(H,22,26)(H,23,25). The van der Waals surface area contributed by atoms with E-state index in [1.165, 1.54) is 14.2 Å². The first-order chi connectivity index (χ1) is 13.4. The molecule has 0 bridgehead atoms. The number of carbonyl (C=O) groups is 2. The highest BCUT2D eigenvalue weighted by Crippen LogP contribution is 2.22. The van der Waals surface area contributed by atoms with Crippen molar-refractivity contribution in [1.29, 1.82) is 0 Å². The Labute approximate surface area is 166 Å². The van der Waals surface area contributed by atoms with Crippen molar-refractivity contribution in [2.75, 3.05) is 53.5 Å². The first kappa shape index (κ1) is 22.0. The van der Waals surface area contributed by atoms with Crippen molar-refractivity contribution in [3.63, 3.8) is 0 Å². The molecule has 0 radical (unpaired) electrons. The molecule has 0 aliphatic carbocycles. The minimum Gasteiger partial charge on any atom is -0.497 e. The molecule has 1 aliphatic heterocycles. The molecular formula is C20H32N4O4. The molecule has 1 aliphatic rings. The van der Waals surface area contributed by atoms with Gasteiger partial charge in [0.25, 0.3) is 5.91 Å². The fourth-order valence-electron chi connectivity index (χ4n) is 3.08. The fourth-order valence-corrected chi connectivity index (χ4v) is 3.08. The molecule has 156 valence electrons. The van der Waals surface area contributed by atoms with Gasteiger partial charge in [-0.2, -0.15) is 0 Å². The number of nitrogens with one attached hydrogen (secondary N) is 3. The monoisotopic (exact) mass is 392 g/mol. The zero-order chi connectivity index (χ0) is 20.5. The van der Waals surface area contributed by atoms with Crippen molar-refractivity contribution in [2.45, 2.75) is 19.9 Å². The van der Waals surface area contributed by atoms with Crippen molar-refractivity contribution in [3.8, 4) is 11.5 Å². The summed E-state index contributed by atoms with van der Waals surface area (Å²) in [6.45, 7) is 9.10. The van der Waals surface area contributed by atoms with Gasteiger partial charge in [-0.3, -0.25) is 14.5 Å². The highest BCUT2D eigenvalue weighted by atomic mass is 16.5. The maximum absolute atomic E-state index is 12.7. The van der Waals surface area contributed by atoms with E-state index in [-0.39, 0.29) is 17.7 Å². The van der Waals surface area contributed by atoms with Gasteiger partial charge in [-0.1, -0.05) is 13.8 Å². The highest BCUT2D eigenvalue weighted by Gasteiger charge is 2.25. The predicted molar refractivity (Wildman–Crippen MR) is 108 cm³/mol. The van der Waals surface area contributed by atoms with E-state index in [0.717, 1.165) is 32.7 Å². The molecule has 1 fully saturated rings. The van der Waals surface area contributed by atoms with Crippen LogP contribution in [0, 0.1) is 5.92 Å². The molecule has 28 heavy (non-hydrogen) atoms. The number of amides is 2. The second-order valence-electron chi connectivity index (χ2n) is 7.18. The summed E-state index contributed by atoms with van der Waals surface area (Å²) in [7, 11) is 3.05. The lowest BCUT2D eigenvalue weighted by Gasteiger charge is -2.28. The summed E-state index contributed by atoms with van der Waals surface area (Å²) in [5.41, 5.74) is 0.385. The smallest absolute Gasteiger partial charge is 0.252 e. The van der Waals surface area contributed by atoms with Crippen molar-refractivity contribution >= 4 is 11.8 Å². The number of ether oxygens (including phenoxy) is 2. The van der Waals surface area contributed by atoms with Gasteiger partial charge in [0.15, 0.2) is 0 Å². The van der Waals surface area contributed by atoms with Crippen LogP contribution in [-0.4, -0.2) is 76.2 Å². The van der Waals surface area contributed by atoms with E-state index in [4.69, 9.17) is 9.47 Å². The first-order valence-electron chi connectivity index (χ1n) is 9.69. The van der Waals surface area contributed by atoms with Crippen LogP contribution in [0.4, 0.5) is 0 Å². The summed E-state index contributed by atoms with van der Waals surface area (Å²) in [5, 5.41) is 9.09. The molecule has 8 nitrogen and oxygen atoms in total. The van der Waals surface area contributed by atoms with Crippen LogP contribution in [0.25, 0.3) is 0 Å². The van der Waals surface area contributed by atoms with E-state index in [1.807, 2.05) is 13.8 Å². The lowest BCUT2D eigenvalue weighted by molar-refractivity contribution is -0.124. The number of carbonyl (C=O) groups excluding carboxylic acids is 2. The molecule has 1 heterocycles. The van der Waals surface area contributed by atoms with Crippen LogP contribution < -0.4 is 25.4 Å². The number of benzene rings is 1. The molecule has 0 aromatic heterocycles. The van der Waals surface area contributed by atoms with Gasteiger partial charge in [-0.15, -0.1) is 0 Å². The Bertz CT molecular complexity index is 637. The SMILES string of the molecule is COc1cc(OC)cc(C(=O)NC(C(=O)NCCN2CCNCC2)C(C)C)c1. The molecule has 0 saturated carbocycles. The van der Waals surface area contributed by atoms with Crippen LogP contribution in [-0.2, 0) is 4.79 Å². The average molecular weight is 393 g/mol. The van der Waals surface area contributed by atoms with Gasteiger partial charge < -0.3 is 25.4 Å². The first-order valence-corrected chi connectivity index (χ1v) is 9.69. The number of hydrogen-bond donors (Lipinski definition) is 3. The molecule has 8 heteroatoms. The molecule has 1 atom stereocenters. The normalized spacial score (nSPS) is 15.8. The molecule has 1 aromatic carbocycles. The third-order valence-electron chi connectivity index (χ3n) is 4.79. The van der Waals surface area contributed by atoms with Crippen molar-refractivity contribution in [1.82, 2.24) is 20.9 Å². The van der Waals surface area contributed by atoms with E-state index < -0.39 is 6.04 Å². The third kappa shape index (κ3) is 6.38. The lowest BCUT2D eigenvalue weighted by Crippen LogP contribution is -2.52. The summed E-state index contributed by atoms with van der Waals surface area (Å²) in [5.74, 6) is 0.481. The summed E-state index contributed by atoms with van der Waals surface area (Å²) < 4.78 is 10.4. The zero-order valence-corrected chi connectivity index (χ0v) is 17.2. The van der Waals surface area contributed by atoms with Crippen LogP contribution in [0.5, 0.6) is 11.5 Å². The Morgan fingerprint density at radius 3 is 2.25 bits per heavy atom. The van der Waals surface area contributed by atoms with E-state index in [9.17, 15) is 9.59 Å². The van der Waals surface area contributed by atoms with E-state index in [2.05, 4.69) is 20.9 Å². The molecule has 2 rings (SSSR count). The Morgan fingerprint density at radius 2 is 1.71 bits per heavy atom. The second kappa shape index (κ2) is 10.9. The quantitative estimate of drug-likeness (QED) is 0.566. The molecule has 0 spiro atoms. The van der Waals surface area contributed by atoms with Gasteiger partial charge in [0.1, 0.15) is 17.5 Å². The molecule has 1 aromatic rings. The number of piperazine rings is 1. The van der Waals surface area contributed by atoms with Crippen LogP contribution in [0.15, 0.2) is 18.2 Å². The Morgan fingerprint density at radius 1 is 1.11 bits per heavy atom. The van der Waals surface area contributed by atoms with Crippen LogP contribution in [0.2, 0.25) is 0 Å². The Hall–Kier alpha value is -2.32. The molecular weight excluding hydrogens is 360 g/mol. The third-order valence-corrected chi connectivity index (χ3v) is 4.79. The molecule has 1 unspecified atom stereocenters. The predicted octanol–water partition coefficient (Wildman–Crippen LogP) is 0.480. The highest BCUT2D eigenvalue weighted by molar-refractivity contribution is 5.98. The Balaban J connectivity index is 1.95. The van der Waals surface area contributed by atoms with Gasteiger partial charge in [-0.25, -0.2) is 0 Å². The van der Waals surface area contributed by atoms with Gasteiger partial charge in [0.05, 0.1) is 14.2 Å². The van der Waals surface area contributed by atoms with E-state index >= 15 is 0 Å². The van der Waals surface area contributed by atoms with Crippen molar-refractivity contribution < 1.29 is 19.1 Å². The number of hydrogen-bond acceptors (Lipinski definition) is 6. The molecule has 2 amide bonds. The number of nitrogens with zero attached hydrogens (tertiary/aromatic N) is 1. The maximum Gasteiger partial charge on any atom is 0.252 e. The maximum atomic E-state index is 12.7.